The van der Waals surface area contributed by atoms with Crippen LogP contribution in [0.4, 0.5) is 5.69 Å². The molecule has 4 nitrogen and oxygen atoms in total. The summed E-state index contributed by atoms with van der Waals surface area (Å²) in [6.45, 7) is 3.74. The standard InChI is InChI=1S/C12H16N2O2S/c1-8(12(13)17)7-16-11-6-4-3-5-10(11)14-9(2)15/h3-6,8H,7H2,1-2H3,(H2,13,17)(H,14,15). The third-order valence-electron chi connectivity index (χ3n) is 2.17. The molecular weight excluding hydrogens is 236 g/mol. The first-order valence-electron chi connectivity index (χ1n) is 5.29. The van der Waals surface area contributed by atoms with Crippen LogP contribution in [0.15, 0.2) is 24.3 Å². The molecule has 17 heavy (non-hydrogen) atoms. The van der Waals surface area contributed by atoms with Gasteiger partial charge in [-0.2, -0.15) is 0 Å². The Morgan fingerprint density at radius 2 is 2.18 bits per heavy atom. The average molecular weight is 252 g/mol. The van der Waals surface area contributed by atoms with Gasteiger partial charge in [0.15, 0.2) is 0 Å². The predicted molar refractivity (Wildman–Crippen MR) is 72.2 cm³/mol. The first-order valence-corrected chi connectivity index (χ1v) is 5.70. The number of carbonyl (C=O) groups excluding carboxylic acids is 1. The third-order valence-corrected chi connectivity index (χ3v) is 2.57. The van der Waals surface area contributed by atoms with E-state index in [1.807, 2.05) is 19.1 Å². The van der Waals surface area contributed by atoms with Gasteiger partial charge in [0.1, 0.15) is 5.75 Å². The highest BCUT2D eigenvalue weighted by Gasteiger charge is 2.08. The van der Waals surface area contributed by atoms with Gasteiger partial charge in [-0.05, 0) is 12.1 Å². The lowest BCUT2D eigenvalue weighted by Crippen LogP contribution is -2.24. The van der Waals surface area contributed by atoms with E-state index in [1.165, 1.54) is 6.92 Å². The number of hydrogen-bond acceptors (Lipinski definition) is 3. The molecule has 1 aromatic carbocycles. The van der Waals surface area contributed by atoms with Gasteiger partial charge in [0.2, 0.25) is 5.91 Å². The van der Waals surface area contributed by atoms with E-state index in [2.05, 4.69) is 5.32 Å². The molecule has 1 atom stereocenters. The van der Waals surface area contributed by atoms with Gasteiger partial charge >= 0.3 is 0 Å². The number of amides is 1. The zero-order valence-electron chi connectivity index (χ0n) is 9.90. The van der Waals surface area contributed by atoms with Gasteiger partial charge in [-0.15, -0.1) is 0 Å². The van der Waals surface area contributed by atoms with Crippen molar-refractivity contribution in [2.45, 2.75) is 13.8 Å². The Labute approximate surface area is 106 Å². The van der Waals surface area contributed by atoms with Crippen LogP contribution in [0.5, 0.6) is 5.75 Å². The molecule has 92 valence electrons. The summed E-state index contributed by atoms with van der Waals surface area (Å²) in [6, 6.07) is 7.24. The molecule has 0 aliphatic heterocycles. The van der Waals surface area contributed by atoms with Gasteiger partial charge in [-0.25, -0.2) is 0 Å². The summed E-state index contributed by atoms with van der Waals surface area (Å²) in [4.78, 5) is 11.4. The molecule has 0 spiro atoms. The summed E-state index contributed by atoms with van der Waals surface area (Å²) < 4.78 is 5.58. The second kappa shape index (κ2) is 6.20. The van der Waals surface area contributed by atoms with Crippen molar-refractivity contribution in [2.75, 3.05) is 11.9 Å². The zero-order chi connectivity index (χ0) is 12.8. The van der Waals surface area contributed by atoms with Crippen LogP contribution < -0.4 is 15.8 Å². The van der Waals surface area contributed by atoms with E-state index in [-0.39, 0.29) is 11.8 Å². The Hall–Kier alpha value is -1.62. The van der Waals surface area contributed by atoms with Crippen LogP contribution in [0.1, 0.15) is 13.8 Å². The van der Waals surface area contributed by atoms with E-state index in [9.17, 15) is 4.79 Å². The normalized spacial score (nSPS) is 11.6. The molecule has 0 saturated carbocycles. The topological polar surface area (TPSA) is 64.3 Å². The van der Waals surface area contributed by atoms with E-state index < -0.39 is 0 Å². The molecule has 0 aliphatic carbocycles. The van der Waals surface area contributed by atoms with Crippen molar-refractivity contribution >= 4 is 28.8 Å². The van der Waals surface area contributed by atoms with Gasteiger partial charge in [0.25, 0.3) is 0 Å². The van der Waals surface area contributed by atoms with Gasteiger partial charge in [-0.1, -0.05) is 31.3 Å². The second-order valence-electron chi connectivity index (χ2n) is 3.79. The number of anilines is 1. The first-order chi connectivity index (χ1) is 8.00. The molecule has 0 aromatic heterocycles. The minimum atomic E-state index is -0.136. The minimum Gasteiger partial charge on any atom is -0.491 e. The molecule has 1 rings (SSSR count). The number of carbonyl (C=O) groups is 1. The summed E-state index contributed by atoms with van der Waals surface area (Å²) in [7, 11) is 0. The van der Waals surface area contributed by atoms with Crippen LogP contribution in [-0.2, 0) is 4.79 Å². The number of nitrogens with one attached hydrogen (secondary N) is 1. The maximum Gasteiger partial charge on any atom is 0.221 e. The quantitative estimate of drug-likeness (QED) is 0.786. The van der Waals surface area contributed by atoms with Gasteiger partial charge in [0, 0.05) is 12.8 Å². The number of ether oxygens (including phenoxy) is 1. The average Bonchev–Trinajstić information content (AvgIpc) is 2.26. The summed E-state index contributed by atoms with van der Waals surface area (Å²) in [5, 5.41) is 2.70. The Bertz CT molecular complexity index is 421. The van der Waals surface area contributed by atoms with E-state index >= 15 is 0 Å². The third kappa shape index (κ3) is 4.40. The first kappa shape index (κ1) is 13.4. The van der Waals surface area contributed by atoms with Gasteiger partial charge < -0.3 is 15.8 Å². The van der Waals surface area contributed by atoms with Gasteiger partial charge in [0.05, 0.1) is 17.3 Å². The number of benzene rings is 1. The van der Waals surface area contributed by atoms with Crippen molar-refractivity contribution in [3.8, 4) is 5.75 Å². The van der Waals surface area contributed by atoms with E-state index in [1.54, 1.807) is 12.1 Å². The monoisotopic (exact) mass is 252 g/mol. The molecule has 0 heterocycles. The van der Waals surface area contributed by atoms with Crippen LogP contribution in [-0.4, -0.2) is 17.5 Å². The fourth-order valence-corrected chi connectivity index (χ4v) is 1.25. The number of para-hydroxylation sites is 2. The Kier molecular flexibility index (Phi) is 4.90. The zero-order valence-corrected chi connectivity index (χ0v) is 10.7. The van der Waals surface area contributed by atoms with Crippen molar-refractivity contribution in [2.24, 2.45) is 11.7 Å². The summed E-state index contributed by atoms with van der Waals surface area (Å²) in [5.41, 5.74) is 6.15. The van der Waals surface area contributed by atoms with Crippen molar-refractivity contribution in [3.05, 3.63) is 24.3 Å². The largest absolute Gasteiger partial charge is 0.491 e. The second-order valence-corrected chi connectivity index (χ2v) is 4.26. The Balaban J connectivity index is 2.70. The van der Waals surface area contributed by atoms with E-state index in [0.29, 0.717) is 23.0 Å². The number of thiocarbonyl (C=S) groups is 1. The highest BCUT2D eigenvalue weighted by atomic mass is 32.1. The lowest BCUT2D eigenvalue weighted by atomic mass is 10.2. The lowest BCUT2D eigenvalue weighted by molar-refractivity contribution is -0.114. The number of hydrogen-bond donors (Lipinski definition) is 2. The molecule has 0 saturated heterocycles. The molecule has 1 amide bonds. The number of nitrogens with two attached hydrogens (primary N) is 1. The fourth-order valence-electron chi connectivity index (χ4n) is 1.18. The molecule has 0 radical (unpaired) electrons. The van der Waals surface area contributed by atoms with Crippen molar-refractivity contribution in [1.29, 1.82) is 0 Å². The molecular formula is C12H16N2O2S. The maximum atomic E-state index is 11.0. The SMILES string of the molecule is CC(=O)Nc1ccccc1OCC(C)C(N)=S. The highest BCUT2D eigenvalue weighted by Crippen LogP contribution is 2.24. The van der Waals surface area contributed by atoms with Crippen LogP contribution in [0.2, 0.25) is 0 Å². The Morgan fingerprint density at radius 1 is 1.53 bits per heavy atom. The van der Waals surface area contributed by atoms with Crippen LogP contribution in [0.25, 0.3) is 0 Å². The number of rotatable bonds is 5. The fraction of sp³-hybridized carbons (Fsp3) is 0.333. The lowest BCUT2D eigenvalue weighted by Gasteiger charge is -2.14. The van der Waals surface area contributed by atoms with Crippen LogP contribution in [0, 0.1) is 5.92 Å². The highest BCUT2D eigenvalue weighted by molar-refractivity contribution is 7.80. The van der Waals surface area contributed by atoms with Crippen molar-refractivity contribution in [3.63, 3.8) is 0 Å². The van der Waals surface area contributed by atoms with Crippen LogP contribution >= 0.6 is 12.2 Å². The van der Waals surface area contributed by atoms with Crippen molar-refractivity contribution in [1.82, 2.24) is 0 Å². The smallest absolute Gasteiger partial charge is 0.221 e. The van der Waals surface area contributed by atoms with Crippen LogP contribution in [0.3, 0.4) is 0 Å². The summed E-state index contributed by atoms with van der Waals surface area (Å²) in [6.07, 6.45) is 0. The maximum absolute atomic E-state index is 11.0. The van der Waals surface area contributed by atoms with E-state index in [4.69, 9.17) is 22.7 Å². The summed E-state index contributed by atoms with van der Waals surface area (Å²) in [5.74, 6) is 0.477. The van der Waals surface area contributed by atoms with Gasteiger partial charge in [-0.3, -0.25) is 4.79 Å². The Morgan fingerprint density at radius 3 is 2.76 bits per heavy atom. The summed E-state index contributed by atoms with van der Waals surface area (Å²) >= 11 is 4.86. The molecule has 5 heteroatoms. The minimum absolute atomic E-state index is 0.00427. The molecule has 1 unspecified atom stereocenters. The molecule has 0 bridgehead atoms. The molecule has 0 fully saturated rings. The van der Waals surface area contributed by atoms with E-state index in [0.717, 1.165) is 0 Å². The molecule has 0 aliphatic rings. The van der Waals surface area contributed by atoms with Crippen molar-refractivity contribution < 1.29 is 9.53 Å². The predicted octanol–water partition coefficient (Wildman–Crippen LogP) is 1.95. The molecule has 1 aromatic rings. The molecule has 3 N–H and O–H groups in total.